The molecule has 0 unspecified atom stereocenters. The maximum absolute atomic E-state index is 12.2. The van der Waals surface area contributed by atoms with E-state index in [4.69, 9.17) is 4.74 Å². The molecule has 0 radical (unpaired) electrons. The summed E-state index contributed by atoms with van der Waals surface area (Å²) in [6.45, 7) is 7.71. The van der Waals surface area contributed by atoms with Crippen molar-refractivity contribution in [3.05, 3.63) is 46.9 Å². The highest BCUT2D eigenvalue weighted by Gasteiger charge is 2.12. The summed E-state index contributed by atoms with van der Waals surface area (Å²) < 4.78 is 7.15. The first-order valence-corrected chi connectivity index (χ1v) is 7.62. The number of nitrogens with one attached hydrogen (secondary N) is 1. The maximum atomic E-state index is 12.2. The number of carbonyl (C=O) groups is 1. The molecule has 0 aliphatic rings. The molecule has 1 N–H and O–H groups in total. The van der Waals surface area contributed by atoms with Crippen molar-refractivity contribution < 1.29 is 9.53 Å². The second-order valence-electron chi connectivity index (χ2n) is 5.86. The van der Waals surface area contributed by atoms with Crippen molar-refractivity contribution in [2.24, 2.45) is 0 Å². The van der Waals surface area contributed by atoms with Crippen molar-refractivity contribution in [2.75, 3.05) is 11.9 Å². The van der Waals surface area contributed by atoms with Gasteiger partial charge in [-0.05, 0) is 38.8 Å². The SMILES string of the molecule is Cc1cc(C)c(NC(=O)COc2cc(C)nn3cnnc23)c(C)c1. The van der Waals surface area contributed by atoms with E-state index < -0.39 is 0 Å². The van der Waals surface area contributed by atoms with Crippen LogP contribution in [0.2, 0.25) is 0 Å². The van der Waals surface area contributed by atoms with E-state index in [1.807, 2.05) is 39.8 Å². The van der Waals surface area contributed by atoms with E-state index in [0.717, 1.165) is 22.5 Å². The molecular weight excluding hydrogens is 306 g/mol. The Morgan fingerprint density at radius 2 is 1.88 bits per heavy atom. The van der Waals surface area contributed by atoms with Crippen molar-refractivity contribution >= 4 is 17.2 Å². The van der Waals surface area contributed by atoms with Gasteiger partial charge in [-0.3, -0.25) is 4.79 Å². The van der Waals surface area contributed by atoms with Crippen molar-refractivity contribution in [1.82, 2.24) is 19.8 Å². The molecule has 0 aliphatic carbocycles. The molecule has 7 nitrogen and oxygen atoms in total. The summed E-state index contributed by atoms with van der Waals surface area (Å²) >= 11 is 0. The summed E-state index contributed by atoms with van der Waals surface area (Å²) in [5, 5.41) is 14.9. The standard InChI is InChI=1S/C17H19N5O2/c1-10-5-11(2)16(12(3)6-10)19-15(23)8-24-14-7-13(4)21-22-9-18-20-17(14)22/h5-7,9H,8H2,1-4H3,(H,19,23). The molecule has 0 atom stereocenters. The summed E-state index contributed by atoms with van der Waals surface area (Å²) in [6.07, 6.45) is 1.49. The van der Waals surface area contributed by atoms with Gasteiger partial charge in [-0.1, -0.05) is 17.7 Å². The fraction of sp³-hybridized carbons (Fsp3) is 0.294. The molecule has 0 spiro atoms. The fourth-order valence-corrected chi connectivity index (χ4v) is 2.72. The first-order valence-electron chi connectivity index (χ1n) is 7.62. The Labute approximate surface area is 139 Å². The second kappa shape index (κ2) is 6.27. The molecule has 1 amide bonds. The van der Waals surface area contributed by atoms with Gasteiger partial charge in [0.1, 0.15) is 6.33 Å². The number of hydrogen-bond donors (Lipinski definition) is 1. The number of nitrogens with zero attached hydrogens (tertiary/aromatic N) is 4. The molecule has 3 aromatic rings. The van der Waals surface area contributed by atoms with Gasteiger partial charge in [0.2, 0.25) is 5.65 Å². The van der Waals surface area contributed by atoms with Crippen LogP contribution in [0, 0.1) is 27.7 Å². The lowest BCUT2D eigenvalue weighted by atomic mass is 10.1. The summed E-state index contributed by atoms with van der Waals surface area (Å²) in [5.41, 5.74) is 5.29. The van der Waals surface area contributed by atoms with Gasteiger partial charge in [-0.15, -0.1) is 10.2 Å². The molecule has 0 saturated carbocycles. The zero-order chi connectivity index (χ0) is 17.3. The van der Waals surface area contributed by atoms with Crippen molar-refractivity contribution in [3.63, 3.8) is 0 Å². The molecule has 2 aromatic heterocycles. The normalized spacial score (nSPS) is 10.8. The predicted molar refractivity (Wildman–Crippen MR) is 90.3 cm³/mol. The zero-order valence-electron chi connectivity index (χ0n) is 14.1. The van der Waals surface area contributed by atoms with Gasteiger partial charge in [0, 0.05) is 11.8 Å². The van der Waals surface area contributed by atoms with Crippen LogP contribution in [-0.2, 0) is 4.79 Å². The number of carbonyl (C=O) groups excluding carboxylic acids is 1. The van der Waals surface area contributed by atoms with E-state index in [0.29, 0.717) is 11.4 Å². The first-order chi connectivity index (χ1) is 11.4. The van der Waals surface area contributed by atoms with Crippen LogP contribution in [0.3, 0.4) is 0 Å². The van der Waals surface area contributed by atoms with Crippen molar-refractivity contribution in [1.29, 1.82) is 0 Å². The average Bonchev–Trinajstić information content (AvgIpc) is 2.96. The van der Waals surface area contributed by atoms with Crippen LogP contribution in [0.25, 0.3) is 5.65 Å². The van der Waals surface area contributed by atoms with Crippen LogP contribution in [0.4, 0.5) is 5.69 Å². The highest BCUT2D eigenvalue weighted by Crippen LogP contribution is 2.22. The van der Waals surface area contributed by atoms with Crippen molar-refractivity contribution in [3.8, 4) is 5.75 Å². The van der Waals surface area contributed by atoms with Crippen LogP contribution in [-0.4, -0.2) is 32.3 Å². The Bertz CT molecular complexity index is 893. The van der Waals surface area contributed by atoms with Crippen molar-refractivity contribution in [2.45, 2.75) is 27.7 Å². The lowest BCUT2D eigenvalue weighted by Crippen LogP contribution is -2.21. The van der Waals surface area contributed by atoms with E-state index >= 15 is 0 Å². The lowest BCUT2D eigenvalue weighted by molar-refractivity contribution is -0.118. The summed E-state index contributed by atoms with van der Waals surface area (Å²) in [5.74, 6) is 0.254. The minimum atomic E-state index is -0.225. The highest BCUT2D eigenvalue weighted by molar-refractivity contribution is 5.93. The topological polar surface area (TPSA) is 81.4 Å². The van der Waals surface area contributed by atoms with Gasteiger partial charge in [0.25, 0.3) is 5.91 Å². The van der Waals surface area contributed by atoms with Gasteiger partial charge >= 0.3 is 0 Å². The molecule has 24 heavy (non-hydrogen) atoms. The summed E-state index contributed by atoms with van der Waals surface area (Å²) in [6, 6.07) is 5.81. The van der Waals surface area contributed by atoms with E-state index in [9.17, 15) is 4.79 Å². The van der Waals surface area contributed by atoms with E-state index in [2.05, 4.69) is 20.6 Å². The largest absolute Gasteiger partial charge is 0.480 e. The third-order valence-electron chi connectivity index (χ3n) is 3.66. The number of anilines is 1. The molecule has 0 fully saturated rings. The molecule has 1 aromatic carbocycles. The number of aryl methyl sites for hydroxylation is 4. The zero-order valence-corrected chi connectivity index (χ0v) is 14.1. The van der Waals surface area contributed by atoms with Gasteiger partial charge in [-0.25, -0.2) is 0 Å². The number of fused-ring (bicyclic) bond motifs is 1. The minimum absolute atomic E-state index is 0.112. The molecule has 0 bridgehead atoms. The number of hydrogen-bond acceptors (Lipinski definition) is 5. The third kappa shape index (κ3) is 3.19. The monoisotopic (exact) mass is 325 g/mol. The lowest BCUT2D eigenvalue weighted by Gasteiger charge is -2.13. The Morgan fingerprint density at radius 1 is 1.17 bits per heavy atom. The maximum Gasteiger partial charge on any atom is 0.262 e. The first kappa shape index (κ1) is 15.9. The van der Waals surface area contributed by atoms with Crippen LogP contribution in [0.5, 0.6) is 5.75 Å². The summed E-state index contributed by atoms with van der Waals surface area (Å²) in [4.78, 5) is 12.2. The smallest absolute Gasteiger partial charge is 0.262 e. The molecule has 7 heteroatoms. The van der Waals surface area contributed by atoms with Gasteiger partial charge in [0.15, 0.2) is 12.4 Å². The van der Waals surface area contributed by atoms with Gasteiger partial charge in [0.05, 0.1) is 5.69 Å². The second-order valence-corrected chi connectivity index (χ2v) is 5.86. The number of amides is 1. The number of aromatic nitrogens is 4. The summed E-state index contributed by atoms with van der Waals surface area (Å²) in [7, 11) is 0. The highest BCUT2D eigenvalue weighted by atomic mass is 16.5. The Kier molecular flexibility index (Phi) is 4.16. The molecule has 3 rings (SSSR count). The van der Waals surface area contributed by atoms with E-state index in [1.165, 1.54) is 16.4 Å². The predicted octanol–water partition coefficient (Wildman–Crippen LogP) is 2.38. The Hall–Kier alpha value is -2.96. The molecule has 2 heterocycles. The molecule has 124 valence electrons. The van der Waals surface area contributed by atoms with Gasteiger partial charge in [-0.2, -0.15) is 9.61 Å². The quantitative estimate of drug-likeness (QED) is 0.796. The molecule has 0 aliphatic heterocycles. The van der Waals surface area contributed by atoms with E-state index in [1.54, 1.807) is 6.07 Å². The van der Waals surface area contributed by atoms with Crippen LogP contribution in [0.1, 0.15) is 22.4 Å². The number of ether oxygens (including phenoxy) is 1. The Balaban J connectivity index is 1.73. The minimum Gasteiger partial charge on any atom is -0.480 e. The van der Waals surface area contributed by atoms with E-state index in [-0.39, 0.29) is 12.5 Å². The molecule has 0 saturated heterocycles. The third-order valence-corrected chi connectivity index (χ3v) is 3.66. The van der Waals surface area contributed by atoms with Crippen LogP contribution >= 0.6 is 0 Å². The van der Waals surface area contributed by atoms with Crippen LogP contribution < -0.4 is 10.1 Å². The Morgan fingerprint density at radius 3 is 2.58 bits per heavy atom. The fourth-order valence-electron chi connectivity index (χ4n) is 2.72. The number of benzene rings is 1. The molecular formula is C17H19N5O2. The van der Waals surface area contributed by atoms with Crippen LogP contribution in [0.15, 0.2) is 24.5 Å². The van der Waals surface area contributed by atoms with Gasteiger partial charge < -0.3 is 10.1 Å². The number of rotatable bonds is 4. The average molecular weight is 325 g/mol.